The normalized spacial score (nSPS) is 17.5. The molecule has 13 heteroatoms. The molecule has 2 aliphatic heterocycles. The Morgan fingerprint density at radius 3 is 2.35 bits per heavy atom. The van der Waals surface area contributed by atoms with Crippen LogP contribution in [0.4, 0.5) is 23.7 Å². The predicted molar refractivity (Wildman–Crippen MR) is 145 cm³/mol. The molecule has 0 atom stereocenters. The molecule has 2 aliphatic rings. The molecule has 0 unspecified atom stereocenters. The molecule has 5 rings (SSSR count). The van der Waals surface area contributed by atoms with Crippen molar-refractivity contribution in [1.82, 2.24) is 24.9 Å². The van der Waals surface area contributed by atoms with Gasteiger partial charge in [-0.3, -0.25) is 14.0 Å². The number of amides is 2. The first-order valence-corrected chi connectivity index (χ1v) is 14.6. The zero-order chi connectivity index (χ0) is 28.2. The lowest BCUT2D eigenvalue weighted by Crippen LogP contribution is -2.48. The molecular weight excluding hydrogens is 545 g/mol. The Balaban J connectivity index is 1.36. The number of halogens is 3. The zero-order valence-corrected chi connectivity index (χ0v) is 23.0. The maximum Gasteiger partial charge on any atom is 0.324 e. The molecule has 0 spiro atoms. The standard InChI is InChI=1S/C27H31F3N6O3S/c1-33-8-10-34(11-9-33)17-19-2-6-22(7-3-19)36(27(37)35-12-14-40(38)15-13-35)18-21-5-4-20(16-23(21)28)25-31-32-26(39-25)24(29)30/h2-7,16,24H,8-15,17-18H2,1H3. The Hall–Kier alpha value is -3.29. The Bertz CT molecular complexity index is 1340. The van der Waals surface area contributed by atoms with Gasteiger partial charge in [-0.25, -0.2) is 9.18 Å². The van der Waals surface area contributed by atoms with Gasteiger partial charge in [0.15, 0.2) is 0 Å². The lowest BCUT2D eigenvalue weighted by molar-refractivity contribution is 0.116. The summed E-state index contributed by atoms with van der Waals surface area (Å²) in [5.74, 6) is -0.895. The molecule has 0 N–H and O–H groups in total. The van der Waals surface area contributed by atoms with Crippen molar-refractivity contribution in [3.05, 3.63) is 65.3 Å². The smallest absolute Gasteiger partial charge is 0.324 e. The van der Waals surface area contributed by atoms with Gasteiger partial charge in [0.1, 0.15) is 5.82 Å². The van der Waals surface area contributed by atoms with E-state index in [2.05, 4.69) is 27.0 Å². The molecule has 1 aromatic heterocycles. The number of carbonyl (C=O) groups is 1. The molecule has 3 aromatic rings. The minimum atomic E-state index is -2.93. The summed E-state index contributed by atoms with van der Waals surface area (Å²) in [5.41, 5.74) is 2.12. The highest BCUT2D eigenvalue weighted by Crippen LogP contribution is 2.27. The molecule has 9 nitrogen and oxygen atoms in total. The third-order valence-corrected chi connectivity index (χ3v) is 8.46. The Labute approximate surface area is 233 Å². The van der Waals surface area contributed by atoms with E-state index in [9.17, 15) is 17.8 Å². The van der Waals surface area contributed by atoms with E-state index in [1.165, 1.54) is 17.0 Å². The number of aromatic nitrogens is 2. The fourth-order valence-electron chi connectivity index (χ4n) is 4.73. The van der Waals surface area contributed by atoms with Crippen LogP contribution in [-0.4, -0.2) is 93.0 Å². The number of nitrogens with zero attached hydrogens (tertiary/aromatic N) is 6. The molecule has 2 amide bonds. The summed E-state index contributed by atoms with van der Waals surface area (Å²) in [4.78, 5) is 21.4. The van der Waals surface area contributed by atoms with E-state index < -0.39 is 28.9 Å². The molecule has 0 radical (unpaired) electrons. The lowest BCUT2D eigenvalue weighted by atomic mass is 10.1. The number of urea groups is 1. The van der Waals surface area contributed by atoms with Crippen LogP contribution in [0.2, 0.25) is 0 Å². The molecule has 2 saturated heterocycles. The van der Waals surface area contributed by atoms with Gasteiger partial charge in [0.25, 0.3) is 5.89 Å². The summed E-state index contributed by atoms with van der Waals surface area (Å²) >= 11 is 0. The lowest BCUT2D eigenvalue weighted by Gasteiger charge is -2.33. The summed E-state index contributed by atoms with van der Waals surface area (Å²) in [6, 6.07) is 11.5. The van der Waals surface area contributed by atoms with Crippen LogP contribution in [0.25, 0.3) is 11.5 Å². The van der Waals surface area contributed by atoms with E-state index in [1.54, 1.807) is 4.90 Å². The first-order chi connectivity index (χ1) is 19.3. The van der Waals surface area contributed by atoms with Crippen LogP contribution in [0, 0.1) is 5.82 Å². The second-order valence-corrected chi connectivity index (χ2v) is 11.7. The van der Waals surface area contributed by atoms with Gasteiger partial charge in [0, 0.05) is 84.9 Å². The molecule has 0 aliphatic carbocycles. The van der Waals surface area contributed by atoms with Gasteiger partial charge in [0.05, 0.1) is 6.54 Å². The Morgan fingerprint density at radius 2 is 1.73 bits per heavy atom. The van der Waals surface area contributed by atoms with Gasteiger partial charge in [0.2, 0.25) is 5.89 Å². The van der Waals surface area contributed by atoms with Gasteiger partial charge in [-0.2, -0.15) is 8.78 Å². The van der Waals surface area contributed by atoms with Crippen molar-refractivity contribution in [1.29, 1.82) is 0 Å². The third kappa shape index (κ3) is 6.70. The first-order valence-electron chi connectivity index (χ1n) is 13.1. The minimum Gasteiger partial charge on any atom is -0.415 e. The van der Waals surface area contributed by atoms with E-state index in [-0.39, 0.29) is 29.6 Å². The number of alkyl halides is 2. The molecular formula is C27H31F3N6O3S. The number of hydrogen-bond acceptors (Lipinski definition) is 7. The molecule has 2 aromatic carbocycles. The van der Waals surface area contributed by atoms with E-state index in [1.807, 2.05) is 24.3 Å². The largest absolute Gasteiger partial charge is 0.415 e. The number of carbonyl (C=O) groups excluding carboxylic acids is 1. The highest BCUT2D eigenvalue weighted by atomic mass is 32.2. The average molecular weight is 577 g/mol. The van der Waals surface area contributed by atoms with Crippen LogP contribution in [0.3, 0.4) is 0 Å². The van der Waals surface area contributed by atoms with E-state index >= 15 is 4.39 Å². The van der Waals surface area contributed by atoms with Crippen molar-refractivity contribution < 1.29 is 26.6 Å². The number of anilines is 1. The Morgan fingerprint density at radius 1 is 1.02 bits per heavy atom. The van der Waals surface area contributed by atoms with Gasteiger partial charge < -0.3 is 14.2 Å². The van der Waals surface area contributed by atoms with Crippen molar-refractivity contribution in [2.45, 2.75) is 19.5 Å². The summed E-state index contributed by atoms with van der Waals surface area (Å²) < 4.78 is 57.7. The molecule has 2 fully saturated rings. The third-order valence-electron chi connectivity index (χ3n) is 7.19. The van der Waals surface area contributed by atoms with Gasteiger partial charge in [-0.05, 0) is 36.9 Å². The molecule has 3 heterocycles. The molecule has 0 saturated carbocycles. The van der Waals surface area contributed by atoms with Crippen molar-refractivity contribution in [2.75, 3.05) is 62.7 Å². The number of hydrogen-bond donors (Lipinski definition) is 0. The van der Waals surface area contributed by atoms with Crippen molar-refractivity contribution in [3.8, 4) is 11.5 Å². The van der Waals surface area contributed by atoms with Crippen LogP contribution < -0.4 is 4.90 Å². The first kappa shape index (κ1) is 28.2. The SMILES string of the molecule is CN1CCN(Cc2ccc(N(Cc3ccc(-c4nnc(C(F)F)o4)cc3F)C(=O)N3CCS(=O)CC3)cc2)CC1. The predicted octanol–water partition coefficient (Wildman–Crippen LogP) is 3.75. The maximum atomic E-state index is 15.2. The highest BCUT2D eigenvalue weighted by Gasteiger charge is 2.27. The van der Waals surface area contributed by atoms with Crippen molar-refractivity contribution in [2.24, 2.45) is 0 Å². The topological polar surface area (TPSA) is 86.0 Å². The monoisotopic (exact) mass is 576 g/mol. The quantitative estimate of drug-likeness (QED) is 0.424. The summed E-state index contributed by atoms with van der Waals surface area (Å²) in [7, 11) is 1.16. The Kier molecular flexibility index (Phi) is 8.81. The van der Waals surface area contributed by atoms with E-state index in [0.717, 1.165) is 44.4 Å². The second-order valence-electron chi connectivity index (χ2n) is 10.0. The van der Waals surface area contributed by atoms with Gasteiger partial charge in [-0.1, -0.05) is 18.2 Å². The van der Waals surface area contributed by atoms with Crippen LogP contribution in [0.1, 0.15) is 23.4 Å². The van der Waals surface area contributed by atoms with Crippen LogP contribution in [0.15, 0.2) is 46.9 Å². The second kappa shape index (κ2) is 12.5. The fraction of sp³-hybridized carbons (Fsp3) is 0.444. The number of likely N-dealkylation sites (N-methyl/N-ethyl adjacent to an activating group) is 1. The summed E-state index contributed by atoms with van der Waals surface area (Å²) in [5, 5.41) is 6.86. The van der Waals surface area contributed by atoms with E-state index in [4.69, 9.17) is 4.42 Å². The number of rotatable bonds is 7. The molecule has 40 heavy (non-hydrogen) atoms. The van der Waals surface area contributed by atoms with Gasteiger partial charge in [-0.15, -0.1) is 10.2 Å². The minimum absolute atomic E-state index is 0.0611. The van der Waals surface area contributed by atoms with Crippen molar-refractivity contribution in [3.63, 3.8) is 0 Å². The van der Waals surface area contributed by atoms with E-state index in [0.29, 0.717) is 30.3 Å². The fourth-order valence-corrected chi connectivity index (χ4v) is 5.79. The van der Waals surface area contributed by atoms with Gasteiger partial charge >= 0.3 is 12.5 Å². The number of piperazine rings is 1. The molecule has 0 bridgehead atoms. The van der Waals surface area contributed by atoms with Crippen LogP contribution >= 0.6 is 0 Å². The molecule has 214 valence electrons. The highest BCUT2D eigenvalue weighted by molar-refractivity contribution is 7.85. The van der Waals surface area contributed by atoms with Crippen molar-refractivity contribution >= 4 is 22.5 Å². The average Bonchev–Trinajstić information content (AvgIpc) is 3.45. The van der Waals surface area contributed by atoms with Crippen LogP contribution in [0.5, 0.6) is 0 Å². The van der Waals surface area contributed by atoms with Crippen LogP contribution in [-0.2, 0) is 23.9 Å². The maximum absolute atomic E-state index is 15.2. The summed E-state index contributed by atoms with van der Waals surface area (Å²) in [6.45, 7) is 5.47. The number of benzene rings is 2. The zero-order valence-electron chi connectivity index (χ0n) is 22.1. The summed E-state index contributed by atoms with van der Waals surface area (Å²) in [6.07, 6.45) is -2.93.